The molecule has 1 aromatic carbocycles. The lowest BCUT2D eigenvalue weighted by Crippen LogP contribution is -2.06. The Hall–Kier alpha value is -2.24. The molecule has 0 bridgehead atoms. The first kappa shape index (κ1) is 11.3. The minimum Gasteiger partial charge on any atom is -0.381 e. The number of benzene rings is 1. The Morgan fingerprint density at radius 2 is 1.88 bits per heavy atom. The van der Waals surface area contributed by atoms with Crippen LogP contribution >= 0.6 is 0 Å². The van der Waals surface area contributed by atoms with Gasteiger partial charge in [-0.1, -0.05) is 6.07 Å². The largest absolute Gasteiger partial charge is 0.381 e. The minimum atomic E-state index is -0.878. The van der Waals surface area contributed by atoms with Crippen LogP contribution in [0.1, 0.15) is 5.56 Å². The summed E-state index contributed by atoms with van der Waals surface area (Å²) in [6.45, 7) is 0.292. The van der Waals surface area contributed by atoms with Crippen molar-refractivity contribution in [1.29, 1.82) is 0 Å². The molecule has 0 radical (unpaired) electrons. The molecule has 88 valence electrons. The number of halogens is 2. The summed E-state index contributed by atoms with van der Waals surface area (Å²) in [6.07, 6.45) is 2.96. The fourth-order valence-electron chi connectivity index (χ4n) is 1.32. The maximum atomic E-state index is 12.9. The molecule has 0 aliphatic carbocycles. The Bertz CT molecular complexity index is 531. The number of nitrogens with two attached hydrogens (primary N) is 1. The number of nitrogen functional groups attached to an aromatic ring is 1. The predicted molar refractivity (Wildman–Crippen MR) is 60.1 cm³/mol. The maximum absolute atomic E-state index is 12.9. The van der Waals surface area contributed by atoms with Crippen LogP contribution < -0.4 is 11.1 Å². The molecule has 6 heteroatoms. The molecule has 4 nitrogen and oxygen atoms in total. The van der Waals surface area contributed by atoms with E-state index in [0.29, 0.717) is 17.9 Å². The first-order chi connectivity index (χ1) is 8.16. The third-order valence-electron chi connectivity index (χ3n) is 2.17. The number of nitrogens with one attached hydrogen (secondary N) is 1. The molecule has 1 heterocycles. The number of anilines is 2. The maximum Gasteiger partial charge on any atom is 0.169 e. The van der Waals surface area contributed by atoms with Gasteiger partial charge in [-0.3, -0.25) is 0 Å². The summed E-state index contributed by atoms with van der Waals surface area (Å²) < 4.78 is 25.6. The molecular weight excluding hydrogens is 226 g/mol. The smallest absolute Gasteiger partial charge is 0.169 e. The lowest BCUT2D eigenvalue weighted by atomic mass is 10.2. The Labute approximate surface area is 96.5 Å². The number of aromatic nitrogens is 2. The molecule has 0 atom stereocenters. The predicted octanol–water partition coefficient (Wildman–Crippen LogP) is 1.95. The summed E-state index contributed by atoms with van der Waals surface area (Å²) in [4.78, 5) is 7.81. The zero-order valence-corrected chi connectivity index (χ0v) is 8.82. The van der Waals surface area contributed by atoms with E-state index >= 15 is 0 Å². The molecule has 0 saturated carbocycles. The first-order valence-corrected chi connectivity index (χ1v) is 4.91. The highest BCUT2D eigenvalue weighted by atomic mass is 19.2. The molecule has 17 heavy (non-hydrogen) atoms. The van der Waals surface area contributed by atoms with E-state index in [1.54, 1.807) is 0 Å². The van der Waals surface area contributed by atoms with Crippen molar-refractivity contribution in [3.05, 3.63) is 47.8 Å². The number of hydrogen-bond donors (Lipinski definition) is 2. The van der Waals surface area contributed by atoms with E-state index in [4.69, 9.17) is 5.73 Å². The number of nitrogens with zero attached hydrogens (tertiary/aromatic N) is 2. The second-order valence-corrected chi connectivity index (χ2v) is 3.39. The van der Waals surface area contributed by atoms with Gasteiger partial charge < -0.3 is 11.1 Å². The second kappa shape index (κ2) is 4.73. The Kier molecular flexibility index (Phi) is 3.13. The van der Waals surface area contributed by atoms with Gasteiger partial charge in [0.25, 0.3) is 0 Å². The topological polar surface area (TPSA) is 63.8 Å². The van der Waals surface area contributed by atoms with E-state index in [0.717, 1.165) is 12.1 Å². The third-order valence-corrected chi connectivity index (χ3v) is 2.17. The van der Waals surface area contributed by atoms with Gasteiger partial charge >= 0.3 is 0 Å². The van der Waals surface area contributed by atoms with Crippen LogP contribution in [0, 0.1) is 11.6 Å². The van der Waals surface area contributed by atoms with Crippen molar-refractivity contribution in [1.82, 2.24) is 9.97 Å². The highest BCUT2D eigenvalue weighted by molar-refractivity contribution is 5.55. The van der Waals surface area contributed by atoms with Crippen LogP contribution in [0.4, 0.5) is 20.4 Å². The summed E-state index contributed by atoms with van der Waals surface area (Å²) in [5.74, 6) is -1.07. The van der Waals surface area contributed by atoms with E-state index in [-0.39, 0.29) is 5.82 Å². The first-order valence-electron chi connectivity index (χ1n) is 4.91. The lowest BCUT2D eigenvalue weighted by Gasteiger charge is -2.07. The van der Waals surface area contributed by atoms with Crippen molar-refractivity contribution in [3.63, 3.8) is 0 Å². The average Bonchev–Trinajstić information content (AvgIpc) is 2.32. The highest BCUT2D eigenvalue weighted by Gasteiger charge is 2.04. The van der Waals surface area contributed by atoms with Gasteiger partial charge in [0, 0.05) is 18.9 Å². The zero-order chi connectivity index (χ0) is 12.3. The fourth-order valence-corrected chi connectivity index (χ4v) is 1.32. The summed E-state index contributed by atoms with van der Waals surface area (Å²) in [5, 5.41) is 2.89. The molecular formula is C11H10F2N4. The van der Waals surface area contributed by atoms with Crippen LogP contribution in [-0.2, 0) is 6.54 Å². The lowest BCUT2D eigenvalue weighted by molar-refractivity contribution is 0.507. The fraction of sp³-hybridized carbons (Fsp3) is 0.0909. The normalized spacial score (nSPS) is 10.2. The SMILES string of the molecule is Nc1nccnc1NCc1ccc(F)c(F)c1. The van der Waals surface area contributed by atoms with Gasteiger partial charge in [0.15, 0.2) is 23.3 Å². The van der Waals surface area contributed by atoms with Gasteiger partial charge in [-0.05, 0) is 17.7 Å². The minimum absolute atomic E-state index is 0.259. The van der Waals surface area contributed by atoms with Crippen molar-refractivity contribution in [2.75, 3.05) is 11.1 Å². The van der Waals surface area contributed by atoms with Crippen LogP contribution in [0.3, 0.4) is 0 Å². The summed E-state index contributed by atoms with van der Waals surface area (Å²) >= 11 is 0. The zero-order valence-electron chi connectivity index (χ0n) is 8.82. The second-order valence-electron chi connectivity index (χ2n) is 3.39. The molecule has 2 rings (SSSR count). The van der Waals surface area contributed by atoms with E-state index in [9.17, 15) is 8.78 Å². The van der Waals surface area contributed by atoms with E-state index in [1.165, 1.54) is 18.5 Å². The molecule has 3 N–H and O–H groups in total. The molecule has 0 aliphatic heterocycles. The van der Waals surface area contributed by atoms with Crippen molar-refractivity contribution in [2.45, 2.75) is 6.54 Å². The summed E-state index contributed by atoms with van der Waals surface area (Å²) in [5.41, 5.74) is 6.16. The highest BCUT2D eigenvalue weighted by Crippen LogP contribution is 2.13. The Morgan fingerprint density at radius 1 is 1.12 bits per heavy atom. The molecule has 1 aromatic heterocycles. The van der Waals surface area contributed by atoms with Crippen LogP contribution in [0.25, 0.3) is 0 Å². The van der Waals surface area contributed by atoms with Gasteiger partial charge in [0.2, 0.25) is 0 Å². The van der Waals surface area contributed by atoms with E-state index in [1.807, 2.05) is 0 Å². The molecule has 0 fully saturated rings. The third kappa shape index (κ3) is 2.66. The monoisotopic (exact) mass is 236 g/mol. The van der Waals surface area contributed by atoms with Crippen LogP contribution in [0.2, 0.25) is 0 Å². The molecule has 2 aromatic rings. The van der Waals surface area contributed by atoms with Gasteiger partial charge in [-0.15, -0.1) is 0 Å². The van der Waals surface area contributed by atoms with Crippen molar-refractivity contribution < 1.29 is 8.78 Å². The van der Waals surface area contributed by atoms with Crippen molar-refractivity contribution in [3.8, 4) is 0 Å². The quantitative estimate of drug-likeness (QED) is 0.854. The van der Waals surface area contributed by atoms with Crippen LogP contribution in [-0.4, -0.2) is 9.97 Å². The van der Waals surface area contributed by atoms with Crippen LogP contribution in [0.15, 0.2) is 30.6 Å². The summed E-state index contributed by atoms with van der Waals surface area (Å²) in [6, 6.07) is 3.68. The van der Waals surface area contributed by atoms with E-state index < -0.39 is 11.6 Å². The Morgan fingerprint density at radius 3 is 2.59 bits per heavy atom. The van der Waals surface area contributed by atoms with Gasteiger partial charge in [0.05, 0.1) is 0 Å². The number of hydrogen-bond acceptors (Lipinski definition) is 4. The van der Waals surface area contributed by atoms with Gasteiger partial charge in [-0.2, -0.15) is 0 Å². The van der Waals surface area contributed by atoms with Crippen molar-refractivity contribution >= 4 is 11.6 Å². The molecule has 0 aliphatic rings. The van der Waals surface area contributed by atoms with Crippen LogP contribution in [0.5, 0.6) is 0 Å². The molecule has 0 unspecified atom stereocenters. The molecule has 0 amide bonds. The standard InChI is InChI=1S/C11H10F2N4/c12-8-2-1-7(5-9(8)13)6-17-11-10(14)15-3-4-16-11/h1-5H,6H2,(H2,14,15)(H,16,17). The molecule has 0 spiro atoms. The molecule has 0 saturated heterocycles. The van der Waals surface area contributed by atoms with Crippen molar-refractivity contribution in [2.24, 2.45) is 0 Å². The van der Waals surface area contributed by atoms with Gasteiger partial charge in [0.1, 0.15) is 0 Å². The number of rotatable bonds is 3. The average molecular weight is 236 g/mol. The summed E-state index contributed by atoms with van der Waals surface area (Å²) in [7, 11) is 0. The van der Waals surface area contributed by atoms with Gasteiger partial charge in [-0.25, -0.2) is 18.7 Å². The van der Waals surface area contributed by atoms with E-state index in [2.05, 4.69) is 15.3 Å². The Balaban J connectivity index is 2.08.